The first-order valence-electron chi connectivity index (χ1n) is 12.6. The molecular weight excluding hydrogens is 453 g/mol. The molecule has 5 nitrogen and oxygen atoms in total. The van der Waals surface area contributed by atoms with E-state index in [1.165, 1.54) is 17.7 Å². The smallest absolute Gasteiger partial charge is 0.258 e. The number of piperidine rings is 1. The molecule has 0 bridgehead atoms. The fourth-order valence-electron chi connectivity index (χ4n) is 4.60. The molecule has 0 aliphatic carbocycles. The van der Waals surface area contributed by atoms with E-state index in [0.717, 1.165) is 60.5 Å². The predicted molar refractivity (Wildman–Crippen MR) is 142 cm³/mol. The van der Waals surface area contributed by atoms with E-state index < -0.39 is 0 Å². The Bertz CT molecular complexity index is 1140. The molecule has 0 atom stereocenters. The molecule has 4 rings (SSSR count). The first kappa shape index (κ1) is 25.9. The minimum absolute atomic E-state index is 0.0687. The maximum absolute atomic E-state index is 13.1. The molecule has 36 heavy (non-hydrogen) atoms. The van der Waals surface area contributed by atoms with Crippen LogP contribution < -0.4 is 10.1 Å². The molecule has 1 heterocycles. The Hall–Kier alpha value is -3.22. The number of nitrogens with one attached hydrogen (secondary N) is 1. The fraction of sp³-hybridized carbons (Fsp3) is 0.367. The molecule has 0 aromatic heterocycles. The van der Waals surface area contributed by atoms with Gasteiger partial charge in [0.05, 0.1) is 0 Å². The molecule has 0 radical (unpaired) electrons. The summed E-state index contributed by atoms with van der Waals surface area (Å²) in [5.74, 6) is 0.234. The molecular formula is C30H36FN3O2. The quantitative estimate of drug-likeness (QED) is 0.458. The van der Waals surface area contributed by atoms with E-state index in [2.05, 4.69) is 72.5 Å². The summed E-state index contributed by atoms with van der Waals surface area (Å²) in [4.78, 5) is 17.2. The van der Waals surface area contributed by atoms with E-state index in [-0.39, 0.29) is 18.3 Å². The monoisotopic (exact) mass is 489 g/mol. The van der Waals surface area contributed by atoms with Crippen molar-refractivity contribution >= 4 is 5.91 Å². The lowest BCUT2D eigenvalue weighted by Crippen LogP contribution is -2.41. The van der Waals surface area contributed by atoms with Crippen LogP contribution in [0, 0.1) is 12.7 Å². The van der Waals surface area contributed by atoms with Gasteiger partial charge in [0.15, 0.2) is 6.61 Å². The molecule has 1 fully saturated rings. The zero-order valence-corrected chi connectivity index (χ0v) is 21.5. The highest BCUT2D eigenvalue weighted by atomic mass is 19.1. The molecule has 190 valence electrons. The summed E-state index contributed by atoms with van der Waals surface area (Å²) < 4.78 is 19.1. The Morgan fingerprint density at radius 2 is 1.67 bits per heavy atom. The average Bonchev–Trinajstić information content (AvgIpc) is 2.88. The van der Waals surface area contributed by atoms with Crippen molar-refractivity contribution in [2.24, 2.45) is 0 Å². The lowest BCUT2D eigenvalue weighted by molar-refractivity contribution is -0.123. The molecule has 1 amide bonds. The van der Waals surface area contributed by atoms with Gasteiger partial charge >= 0.3 is 0 Å². The van der Waals surface area contributed by atoms with Gasteiger partial charge in [-0.2, -0.15) is 0 Å². The molecule has 3 aromatic carbocycles. The fourth-order valence-corrected chi connectivity index (χ4v) is 4.60. The second-order valence-electron chi connectivity index (χ2n) is 9.85. The summed E-state index contributed by atoms with van der Waals surface area (Å²) >= 11 is 0. The van der Waals surface area contributed by atoms with E-state index >= 15 is 0 Å². The molecule has 1 saturated heterocycles. The Balaban J connectivity index is 1.43. The minimum Gasteiger partial charge on any atom is -0.483 e. The lowest BCUT2D eigenvalue weighted by atomic mass is 9.99. The van der Waals surface area contributed by atoms with Crippen molar-refractivity contribution < 1.29 is 13.9 Å². The van der Waals surface area contributed by atoms with Gasteiger partial charge in [0.25, 0.3) is 5.91 Å². The SMILES string of the molecule is Cc1ccc(-c2ccc(OCC(=O)NCc3ccc(F)cc3)c(CN3CCC(N(C)C)CC3)c2)cc1. The summed E-state index contributed by atoms with van der Waals surface area (Å²) in [6, 6.07) is 21.5. The molecule has 1 N–H and O–H groups in total. The molecule has 1 aliphatic rings. The highest BCUT2D eigenvalue weighted by Gasteiger charge is 2.22. The Morgan fingerprint density at radius 3 is 2.33 bits per heavy atom. The standard InChI is InChI=1S/C30H36FN3O2/c1-22-4-8-24(9-5-22)25-10-13-29(26(18-25)20-34-16-14-28(15-17-34)33(2)3)36-21-30(35)32-19-23-6-11-27(31)12-7-23/h4-13,18,28H,14-17,19-21H2,1-3H3,(H,32,35). The second-order valence-corrected chi connectivity index (χ2v) is 9.85. The number of benzene rings is 3. The lowest BCUT2D eigenvalue weighted by Gasteiger charge is -2.35. The third kappa shape index (κ3) is 7.15. The number of amides is 1. The van der Waals surface area contributed by atoms with Crippen molar-refractivity contribution in [3.63, 3.8) is 0 Å². The van der Waals surface area contributed by atoms with Crippen LogP contribution in [-0.2, 0) is 17.9 Å². The van der Waals surface area contributed by atoms with Crippen LogP contribution in [0.4, 0.5) is 4.39 Å². The number of halogens is 1. The number of carbonyl (C=O) groups is 1. The van der Waals surface area contributed by atoms with Gasteiger partial charge in [-0.1, -0.05) is 48.0 Å². The summed E-state index contributed by atoms with van der Waals surface area (Å²) in [6.45, 7) is 5.21. The van der Waals surface area contributed by atoms with Crippen LogP contribution in [0.3, 0.4) is 0 Å². The topological polar surface area (TPSA) is 44.8 Å². The van der Waals surface area contributed by atoms with Crippen LogP contribution in [0.2, 0.25) is 0 Å². The molecule has 1 aliphatic heterocycles. The zero-order chi connectivity index (χ0) is 25.5. The Labute approximate surface area is 213 Å². The van der Waals surface area contributed by atoms with Gasteiger partial charge in [-0.15, -0.1) is 0 Å². The number of ether oxygens (including phenoxy) is 1. The van der Waals surface area contributed by atoms with E-state index in [0.29, 0.717) is 12.6 Å². The molecule has 0 saturated carbocycles. The Morgan fingerprint density at radius 1 is 1.00 bits per heavy atom. The van der Waals surface area contributed by atoms with Gasteiger partial charge in [0, 0.05) is 24.7 Å². The number of carbonyl (C=O) groups excluding carboxylic acids is 1. The number of nitrogens with zero attached hydrogens (tertiary/aromatic N) is 2. The highest BCUT2D eigenvalue weighted by molar-refractivity contribution is 5.77. The van der Waals surface area contributed by atoms with E-state index in [1.54, 1.807) is 12.1 Å². The van der Waals surface area contributed by atoms with Crippen LogP contribution in [0.25, 0.3) is 11.1 Å². The van der Waals surface area contributed by atoms with E-state index in [9.17, 15) is 9.18 Å². The highest BCUT2D eigenvalue weighted by Crippen LogP contribution is 2.29. The van der Waals surface area contributed by atoms with Gasteiger partial charge in [0.1, 0.15) is 11.6 Å². The van der Waals surface area contributed by atoms with Crippen molar-refractivity contribution in [3.05, 3.63) is 89.2 Å². The third-order valence-corrected chi connectivity index (χ3v) is 6.89. The van der Waals surface area contributed by atoms with Gasteiger partial charge < -0.3 is 15.0 Å². The van der Waals surface area contributed by atoms with E-state index in [1.807, 2.05) is 6.07 Å². The maximum atomic E-state index is 13.1. The maximum Gasteiger partial charge on any atom is 0.258 e. The van der Waals surface area contributed by atoms with Crippen LogP contribution in [0.15, 0.2) is 66.7 Å². The van der Waals surface area contributed by atoms with Gasteiger partial charge in [-0.05, 0) is 87.9 Å². The van der Waals surface area contributed by atoms with Gasteiger partial charge in [0.2, 0.25) is 0 Å². The number of hydrogen-bond donors (Lipinski definition) is 1. The molecule has 6 heteroatoms. The number of rotatable bonds is 9. The molecule has 0 unspecified atom stereocenters. The number of likely N-dealkylation sites (tertiary alicyclic amines) is 1. The molecule has 0 spiro atoms. The zero-order valence-electron chi connectivity index (χ0n) is 21.5. The van der Waals surface area contributed by atoms with Gasteiger partial charge in [-0.3, -0.25) is 9.69 Å². The normalized spacial score (nSPS) is 14.7. The predicted octanol–water partition coefficient (Wildman–Crippen LogP) is 5.02. The first-order chi connectivity index (χ1) is 17.4. The molecule has 3 aromatic rings. The van der Waals surface area contributed by atoms with Crippen molar-refractivity contribution in [1.82, 2.24) is 15.1 Å². The van der Waals surface area contributed by atoms with Crippen molar-refractivity contribution in [2.75, 3.05) is 33.8 Å². The van der Waals surface area contributed by atoms with Crippen molar-refractivity contribution in [3.8, 4) is 16.9 Å². The minimum atomic E-state index is -0.291. The van der Waals surface area contributed by atoms with Crippen LogP contribution in [0.1, 0.15) is 29.5 Å². The summed E-state index contributed by atoms with van der Waals surface area (Å²) in [7, 11) is 4.30. The van der Waals surface area contributed by atoms with Crippen LogP contribution in [-0.4, -0.2) is 55.5 Å². The van der Waals surface area contributed by atoms with Gasteiger partial charge in [-0.25, -0.2) is 4.39 Å². The summed E-state index contributed by atoms with van der Waals surface area (Å²) in [6.07, 6.45) is 2.29. The number of aryl methyl sites for hydroxylation is 1. The average molecular weight is 490 g/mol. The van der Waals surface area contributed by atoms with E-state index in [4.69, 9.17) is 4.74 Å². The largest absolute Gasteiger partial charge is 0.483 e. The summed E-state index contributed by atoms with van der Waals surface area (Å²) in [5, 5.41) is 2.85. The van der Waals surface area contributed by atoms with Crippen LogP contribution in [0.5, 0.6) is 5.75 Å². The number of hydrogen-bond acceptors (Lipinski definition) is 4. The third-order valence-electron chi connectivity index (χ3n) is 6.89. The first-order valence-corrected chi connectivity index (χ1v) is 12.6. The second kappa shape index (κ2) is 12.2. The van der Waals surface area contributed by atoms with Crippen molar-refractivity contribution in [2.45, 2.75) is 38.9 Å². The summed E-state index contributed by atoms with van der Waals surface area (Å²) in [5.41, 5.74) is 5.46. The van der Waals surface area contributed by atoms with Crippen LogP contribution >= 0.6 is 0 Å². The Kier molecular flexibility index (Phi) is 8.73. The van der Waals surface area contributed by atoms with Crippen molar-refractivity contribution in [1.29, 1.82) is 0 Å².